The van der Waals surface area contributed by atoms with E-state index in [1.807, 2.05) is 0 Å². The van der Waals surface area contributed by atoms with Crippen LogP contribution in [-0.4, -0.2) is 12.6 Å². The van der Waals surface area contributed by atoms with Gasteiger partial charge in [0.05, 0.1) is 6.61 Å². The van der Waals surface area contributed by atoms with Crippen LogP contribution in [0.4, 0.5) is 0 Å². The van der Waals surface area contributed by atoms with E-state index >= 15 is 0 Å². The highest BCUT2D eigenvalue weighted by Crippen LogP contribution is 2.35. The predicted molar refractivity (Wildman–Crippen MR) is 77.0 cm³/mol. The van der Waals surface area contributed by atoms with Crippen LogP contribution in [0.15, 0.2) is 22.7 Å². The first-order valence-corrected chi connectivity index (χ1v) is 7.80. The van der Waals surface area contributed by atoms with Crippen LogP contribution in [0.3, 0.4) is 0 Å². The first-order valence-electron chi connectivity index (χ1n) is 7.01. The maximum atomic E-state index is 5.74. The number of fused-ring (bicyclic) bond motifs is 1. The van der Waals surface area contributed by atoms with E-state index in [2.05, 4.69) is 39.4 Å². The molecule has 1 saturated carbocycles. The van der Waals surface area contributed by atoms with Gasteiger partial charge in [-0.3, -0.25) is 0 Å². The lowest BCUT2D eigenvalue weighted by Gasteiger charge is -2.32. The lowest BCUT2D eigenvalue weighted by molar-refractivity contribution is 0.233. The fourth-order valence-corrected chi connectivity index (χ4v) is 3.47. The summed E-state index contributed by atoms with van der Waals surface area (Å²) in [4.78, 5) is 0. The summed E-state index contributed by atoms with van der Waals surface area (Å²) in [6.07, 6.45) is 7.92. The molecular formula is C15H20BrNO. The maximum absolute atomic E-state index is 5.74. The minimum atomic E-state index is 0.467. The summed E-state index contributed by atoms with van der Waals surface area (Å²) in [5.74, 6) is 1.05. The van der Waals surface area contributed by atoms with E-state index in [1.165, 1.54) is 37.7 Å². The van der Waals surface area contributed by atoms with Gasteiger partial charge in [-0.05, 0) is 31.0 Å². The molecule has 1 fully saturated rings. The number of benzene rings is 1. The first-order chi connectivity index (χ1) is 8.83. The second kappa shape index (κ2) is 5.62. The minimum absolute atomic E-state index is 0.467. The van der Waals surface area contributed by atoms with Gasteiger partial charge in [-0.25, -0.2) is 0 Å². The van der Waals surface area contributed by atoms with Crippen molar-refractivity contribution in [2.75, 3.05) is 6.61 Å². The van der Waals surface area contributed by atoms with E-state index in [1.54, 1.807) is 0 Å². The fourth-order valence-electron chi connectivity index (χ4n) is 3.09. The van der Waals surface area contributed by atoms with Gasteiger partial charge in [-0.1, -0.05) is 35.2 Å². The average molecular weight is 310 g/mol. The second-order valence-electron chi connectivity index (χ2n) is 5.37. The monoisotopic (exact) mass is 309 g/mol. The number of halogens is 1. The van der Waals surface area contributed by atoms with Crippen LogP contribution in [0.5, 0.6) is 5.75 Å². The van der Waals surface area contributed by atoms with E-state index in [9.17, 15) is 0 Å². The maximum Gasteiger partial charge on any atom is 0.124 e. The van der Waals surface area contributed by atoms with Gasteiger partial charge in [0.1, 0.15) is 5.75 Å². The third-order valence-corrected chi connectivity index (χ3v) is 4.55. The van der Waals surface area contributed by atoms with Gasteiger partial charge in [-0.15, -0.1) is 0 Å². The molecule has 0 radical (unpaired) electrons. The van der Waals surface area contributed by atoms with Crippen LogP contribution >= 0.6 is 15.9 Å². The van der Waals surface area contributed by atoms with Crippen LogP contribution < -0.4 is 10.1 Å². The quantitative estimate of drug-likeness (QED) is 0.884. The van der Waals surface area contributed by atoms with Crippen LogP contribution in [0.1, 0.15) is 50.1 Å². The normalized spacial score (nSPS) is 24.4. The second-order valence-corrected chi connectivity index (χ2v) is 6.29. The Morgan fingerprint density at radius 3 is 2.78 bits per heavy atom. The van der Waals surface area contributed by atoms with Crippen molar-refractivity contribution >= 4 is 15.9 Å². The lowest BCUT2D eigenvalue weighted by atomic mass is 9.92. The SMILES string of the molecule is Brc1ccc2c(c1)C(NC1CCCCC1)CCO2. The molecule has 1 heterocycles. The van der Waals surface area contributed by atoms with Crippen molar-refractivity contribution < 1.29 is 4.74 Å². The molecule has 0 spiro atoms. The smallest absolute Gasteiger partial charge is 0.124 e. The highest BCUT2D eigenvalue weighted by atomic mass is 79.9. The third-order valence-electron chi connectivity index (χ3n) is 4.05. The molecule has 1 aromatic rings. The largest absolute Gasteiger partial charge is 0.493 e. The molecule has 3 rings (SSSR count). The summed E-state index contributed by atoms with van der Waals surface area (Å²) in [5.41, 5.74) is 1.32. The molecule has 0 bridgehead atoms. The van der Waals surface area contributed by atoms with Gasteiger partial charge < -0.3 is 10.1 Å². The summed E-state index contributed by atoms with van der Waals surface area (Å²) >= 11 is 3.56. The molecule has 1 atom stereocenters. The summed E-state index contributed by atoms with van der Waals surface area (Å²) in [6.45, 7) is 0.832. The third kappa shape index (κ3) is 2.72. The predicted octanol–water partition coefficient (Wildman–Crippen LogP) is 4.20. The zero-order valence-electron chi connectivity index (χ0n) is 10.6. The van der Waals surface area contributed by atoms with Crippen molar-refractivity contribution in [3.8, 4) is 5.75 Å². The van der Waals surface area contributed by atoms with Gasteiger partial charge >= 0.3 is 0 Å². The Kier molecular flexibility index (Phi) is 3.90. The van der Waals surface area contributed by atoms with Crippen molar-refractivity contribution in [2.24, 2.45) is 0 Å². The highest BCUT2D eigenvalue weighted by Gasteiger charge is 2.24. The van der Waals surface area contributed by atoms with Gasteiger partial charge in [-0.2, -0.15) is 0 Å². The molecule has 0 saturated heterocycles. The molecule has 1 aliphatic heterocycles. The van der Waals surface area contributed by atoms with Crippen LogP contribution in [-0.2, 0) is 0 Å². The zero-order chi connectivity index (χ0) is 12.4. The van der Waals surface area contributed by atoms with E-state index in [0.717, 1.165) is 23.2 Å². The standard InChI is InChI=1S/C15H20BrNO/c16-11-6-7-15-13(10-11)14(8-9-18-15)17-12-4-2-1-3-5-12/h6-7,10,12,14,17H,1-5,8-9H2. The molecular weight excluding hydrogens is 290 g/mol. The Morgan fingerprint density at radius 1 is 1.11 bits per heavy atom. The molecule has 3 heteroatoms. The first kappa shape index (κ1) is 12.5. The fraction of sp³-hybridized carbons (Fsp3) is 0.600. The van der Waals surface area contributed by atoms with Gasteiger partial charge in [0, 0.05) is 28.5 Å². The molecule has 98 valence electrons. The summed E-state index contributed by atoms with van der Waals surface area (Å²) in [5, 5.41) is 3.84. The Balaban J connectivity index is 1.75. The van der Waals surface area contributed by atoms with Crippen molar-refractivity contribution in [1.29, 1.82) is 0 Å². The highest BCUT2D eigenvalue weighted by molar-refractivity contribution is 9.10. The number of rotatable bonds is 2. The average Bonchev–Trinajstić information content (AvgIpc) is 2.41. The Morgan fingerprint density at radius 2 is 1.94 bits per heavy atom. The molecule has 0 aromatic heterocycles. The molecule has 18 heavy (non-hydrogen) atoms. The van der Waals surface area contributed by atoms with E-state index in [0.29, 0.717) is 12.1 Å². The molecule has 2 nitrogen and oxygen atoms in total. The van der Waals surface area contributed by atoms with Crippen molar-refractivity contribution in [1.82, 2.24) is 5.32 Å². The number of hydrogen-bond acceptors (Lipinski definition) is 2. The van der Waals surface area contributed by atoms with E-state index in [-0.39, 0.29) is 0 Å². The summed E-state index contributed by atoms with van der Waals surface area (Å²) in [7, 11) is 0. The Labute approximate surface area is 117 Å². The number of ether oxygens (including phenoxy) is 1. The van der Waals surface area contributed by atoms with Crippen molar-refractivity contribution in [2.45, 2.75) is 50.6 Å². The number of hydrogen-bond donors (Lipinski definition) is 1. The minimum Gasteiger partial charge on any atom is -0.493 e. The summed E-state index contributed by atoms with van der Waals surface area (Å²) in [6, 6.07) is 7.51. The van der Waals surface area contributed by atoms with Gasteiger partial charge in [0.15, 0.2) is 0 Å². The topological polar surface area (TPSA) is 21.3 Å². The van der Waals surface area contributed by atoms with Crippen molar-refractivity contribution in [3.63, 3.8) is 0 Å². The lowest BCUT2D eigenvalue weighted by Crippen LogP contribution is -2.36. The van der Waals surface area contributed by atoms with E-state index in [4.69, 9.17) is 4.74 Å². The number of nitrogens with one attached hydrogen (secondary N) is 1. The van der Waals surface area contributed by atoms with Crippen LogP contribution in [0.2, 0.25) is 0 Å². The van der Waals surface area contributed by atoms with Crippen LogP contribution in [0.25, 0.3) is 0 Å². The molecule has 1 aromatic carbocycles. The molecule has 2 aliphatic rings. The van der Waals surface area contributed by atoms with Crippen molar-refractivity contribution in [3.05, 3.63) is 28.2 Å². The molecule has 1 unspecified atom stereocenters. The molecule has 1 aliphatic carbocycles. The van der Waals surface area contributed by atoms with Gasteiger partial charge in [0.2, 0.25) is 0 Å². The van der Waals surface area contributed by atoms with E-state index < -0.39 is 0 Å². The summed E-state index contributed by atoms with van der Waals surface area (Å²) < 4.78 is 6.88. The Hall–Kier alpha value is -0.540. The molecule has 1 N–H and O–H groups in total. The Bertz CT molecular complexity index is 415. The van der Waals surface area contributed by atoms with Crippen LogP contribution in [0, 0.1) is 0 Å². The molecule has 0 amide bonds. The van der Waals surface area contributed by atoms with Gasteiger partial charge in [0.25, 0.3) is 0 Å². The zero-order valence-corrected chi connectivity index (χ0v) is 12.2.